The highest BCUT2D eigenvalue weighted by Crippen LogP contribution is 2.50. The Morgan fingerprint density at radius 3 is 2.71 bits per heavy atom. The van der Waals surface area contributed by atoms with Crippen LogP contribution in [0, 0.1) is 0 Å². The molecule has 3 heterocycles. The smallest absolute Gasteiger partial charge is 0.408 e. The second-order valence-corrected chi connectivity index (χ2v) is 13.8. The van der Waals surface area contributed by atoms with E-state index in [0.717, 1.165) is 12.2 Å². The predicted molar refractivity (Wildman–Crippen MR) is 159 cm³/mol. The van der Waals surface area contributed by atoms with Gasteiger partial charge in [-0.3, -0.25) is 9.09 Å². The maximum absolute atomic E-state index is 12.5. The Hall–Kier alpha value is -2.39. The third-order valence-corrected chi connectivity index (χ3v) is 10.4. The number of aliphatic hydroxyl groups is 1. The monoisotopic (exact) mass is 626 g/mol. The summed E-state index contributed by atoms with van der Waals surface area (Å²) in [6.45, 7) is 6.72. The summed E-state index contributed by atoms with van der Waals surface area (Å²) >= 11 is 0. The number of rotatable bonds is 13. The van der Waals surface area contributed by atoms with Crippen LogP contribution >= 0.6 is 29.3 Å². The Morgan fingerprint density at radius 1 is 1.24 bits per heavy atom. The van der Waals surface area contributed by atoms with Crippen molar-refractivity contribution in [2.75, 3.05) is 18.1 Å². The molecule has 0 spiro atoms. The molecule has 0 bridgehead atoms. The quantitative estimate of drug-likeness (QED) is 0.107. The molecule has 13 nitrogen and oxygen atoms in total. The number of aliphatic hydroxyl groups excluding tert-OH is 1. The summed E-state index contributed by atoms with van der Waals surface area (Å²) in [6, 6.07) is 7.44. The van der Waals surface area contributed by atoms with E-state index in [1.54, 1.807) is 65.9 Å². The van der Waals surface area contributed by atoms with Gasteiger partial charge in [0.05, 0.1) is 30.4 Å². The van der Waals surface area contributed by atoms with E-state index in [4.69, 9.17) is 24.3 Å². The van der Waals surface area contributed by atoms with Crippen LogP contribution in [-0.4, -0.2) is 77.5 Å². The highest BCUT2D eigenvalue weighted by Gasteiger charge is 2.47. The molecule has 3 aromatic rings. The lowest BCUT2D eigenvalue weighted by molar-refractivity contribution is -0.148. The van der Waals surface area contributed by atoms with E-state index < -0.39 is 43.4 Å². The van der Waals surface area contributed by atoms with Crippen molar-refractivity contribution in [3.05, 3.63) is 43.0 Å². The summed E-state index contributed by atoms with van der Waals surface area (Å²) in [4.78, 5) is 36.5. The second-order valence-electron chi connectivity index (χ2n) is 9.49. The van der Waals surface area contributed by atoms with Crippen LogP contribution in [0.5, 0.6) is 5.75 Å². The molecular weight excluding hydrogens is 591 g/mol. The number of imidazole rings is 1. The van der Waals surface area contributed by atoms with Crippen LogP contribution in [0.2, 0.25) is 0 Å². The SMILES string of the molecule is CCCSSC1[C@@H](O)[C@@H](COP(O)(=N[C@@H](C)C(=O)OC(C)C)Oc2ccccc2)O[C@H]1n1cnc2c(N)ncnc21. The van der Waals surface area contributed by atoms with E-state index in [1.807, 2.05) is 0 Å². The first-order chi connectivity index (χ1) is 19.6. The number of hydrogen-bond donors (Lipinski definition) is 3. The molecular formula is C25H35N6O7PS2. The van der Waals surface area contributed by atoms with Crippen molar-refractivity contribution in [2.24, 2.45) is 4.74 Å². The number of esters is 1. The Morgan fingerprint density at radius 2 is 2.00 bits per heavy atom. The highest BCUT2D eigenvalue weighted by atomic mass is 33.1. The second kappa shape index (κ2) is 14.2. The number of fused-ring (bicyclic) bond motifs is 1. The molecule has 0 saturated carbocycles. The molecule has 2 aromatic heterocycles. The zero-order valence-electron chi connectivity index (χ0n) is 23.1. The standard InChI is InChI=1S/C25H35N6O7PS2/c1-5-11-40-41-21-20(32)18(37-24(21)31-14-29-19-22(26)27-13-28-23(19)31)12-35-39(34,38-17-9-7-6-8-10-17)30-16(4)25(33)36-15(2)3/h6-10,13-16,18,20-21,24,32,34H,5,11-12H2,1-4H3,(H2,26,27,28)/t16-,18+,20-,21?,24+,39?/m0/s1. The molecule has 41 heavy (non-hydrogen) atoms. The van der Waals surface area contributed by atoms with Gasteiger partial charge in [-0.05, 0) is 39.3 Å². The molecule has 0 amide bonds. The van der Waals surface area contributed by atoms with Crippen molar-refractivity contribution >= 4 is 52.3 Å². The van der Waals surface area contributed by atoms with Gasteiger partial charge in [-0.25, -0.2) is 24.5 Å². The zero-order chi connectivity index (χ0) is 29.6. The van der Waals surface area contributed by atoms with Gasteiger partial charge in [0.25, 0.3) is 0 Å². The predicted octanol–water partition coefficient (Wildman–Crippen LogP) is 4.20. The molecule has 4 rings (SSSR count). The first-order valence-corrected chi connectivity index (χ1v) is 17.0. The number of nitrogens with two attached hydrogens (primary N) is 1. The van der Waals surface area contributed by atoms with Gasteiger partial charge in [0.1, 0.15) is 23.7 Å². The summed E-state index contributed by atoms with van der Waals surface area (Å²) in [7, 11) is -0.926. The maximum atomic E-state index is 12.5. The molecule has 1 aromatic carbocycles. The first-order valence-electron chi connectivity index (χ1n) is 13.1. The van der Waals surface area contributed by atoms with Crippen LogP contribution < -0.4 is 10.3 Å². The summed E-state index contributed by atoms with van der Waals surface area (Å²) in [5.74, 6) is 0.778. The van der Waals surface area contributed by atoms with E-state index in [2.05, 4.69) is 26.6 Å². The lowest BCUT2D eigenvalue weighted by atomic mass is 10.2. The van der Waals surface area contributed by atoms with E-state index >= 15 is 0 Å². The van der Waals surface area contributed by atoms with Crippen LogP contribution in [0.15, 0.2) is 47.7 Å². The molecule has 1 aliphatic rings. The summed E-state index contributed by atoms with van der Waals surface area (Å²) < 4.78 is 29.1. The van der Waals surface area contributed by atoms with E-state index in [9.17, 15) is 14.8 Å². The minimum atomic E-state index is -4.03. The number of carbonyl (C=O) groups excluding carboxylic acids is 1. The van der Waals surface area contributed by atoms with Crippen LogP contribution in [0.25, 0.3) is 11.2 Å². The van der Waals surface area contributed by atoms with Crippen molar-refractivity contribution in [3.8, 4) is 5.75 Å². The number of ether oxygens (including phenoxy) is 2. The molecule has 224 valence electrons. The Bertz CT molecular complexity index is 1360. The first kappa shape index (κ1) is 31.5. The van der Waals surface area contributed by atoms with Gasteiger partial charge < -0.3 is 29.7 Å². The minimum Gasteiger partial charge on any atom is -0.461 e. The van der Waals surface area contributed by atoms with Crippen LogP contribution in [-0.2, 0) is 18.8 Å². The van der Waals surface area contributed by atoms with Gasteiger partial charge >= 0.3 is 13.7 Å². The van der Waals surface area contributed by atoms with Crippen molar-refractivity contribution in [3.63, 3.8) is 0 Å². The van der Waals surface area contributed by atoms with Crippen LogP contribution in [0.1, 0.15) is 40.3 Å². The van der Waals surface area contributed by atoms with Crippen LogP contribution in [0.4, 0.5) is 5.82 Å². The normalized spacial score (nSPS) is 22.9. The van der Waals surface area contributed by atoms with E-state index in [-0.39, 0.29) is 18.5 Å². The third kappa shape index (κ3) is 7.92. The van der Waals surface area contributed by atoms with Crippen molar-refractivity contribution < 1.29 is 33.3 Å². The largest absolute Gasteiger partial charge is 0.461 e. The number of nitrogen functional groups attached to an aromatic ring is 1. The van der Waals surface area contributed by atoms with E-state index in [0.29, 0.717) is 16.9 Å². The molecule has 4 N–H and O–H groups in total. The lowest BCUT2D eigenvalue weighted by Gasteiger charge is -2.23. The number of nitrogens with zero attached hydrogens (tertiary/aromatic N) is 5. The molecule has 2 unspecified atom stereocenters. The molecule has 0 aliphatic carbocycles. The minimum absolute atomic E-state index is 0.233. The Balaban J connectivity index is 1.59. The molecule has 1 aliphatic heterocycles. The van der Waals surface area contributed by atoms with Gasteiger partial charge in [-0.15, -0.1) is 0 Å². The molecule has 1 fully saturated rings. The van der Waals surface area contributed by atoms with Gasteiger partial charge in [-0.1, -0.05) is 46.7 Å². The number of para-hydroxylation sites is 1. The lowest BCUT2D eigenvalue weighted by Crippen LogP contribution is -2.32. The van der Waals surface area contributed by atoms with Crippen LogP contribution in [0.3, 0.4) is 0 Å². The summed E-state index contributed by atoms with van der Waals surface area (Å²) in [5, 5.41) is 10.9. The van der Waals surface area contributed by atoms with Crippen molar-refractivity contribution in [1.82, 2.24) is 19.5 Å². The van der Waals surface area contributed by atoms with Gasteiger partial charge in [0, 0.05) is 5.75 Å². The van der Waals surface area contributed by atoms with E-state index in [1.165, 1.54) is 24.0 Å². The summed E-state index contributed by atoms with van der Waals surface area (Å²) in [6.07, 6.45) is 0.938. The molecule has 1 saturated heterocycles. The number of aromatic nitrogens is 4. The van der Waals surface area contributed by atoms with Gasteiger partial charge in [0.15, 0.2) is 23.7 Å². The van der Waals surface area contributed by atoms with Gasteiger partial charge in [0.2, 0.25) is 0 Å². The number of hydrogen-bond acceptors (Lipinski definition) is 13. The topological polar surface area (TPSA) is 176 Å². The fraction of sp³-hybridized carbons (Fsp3) is 0.520. The van der Waals surface area contributed by atoms with Crippen molar-refractivity contribution in [2.45, 2.75) is 69.9 Å². The average Bonchev–Trinajstić information content (AvgIpc) is 3.49. The average molecular weight is 627 g/mol. The fourth-order valence-electron chi connectivity index (χ4n) is 3.92. The third-order valence-electron chi connectivity index (χ3n) is 5.83. The summed E-state index contributed by atoms with van der Waals surface area (Å²) in [5.41, 5.74) is 6.86. The fourth-order valence-corrected chi connectivity index (χ4v) is 8.24. The zero-order valence-corrected chi connectivity index (χ0v) is 25.7. The van der Waals surface area contributed by atoms with Gasteiger partial charge in [-0.2, -0.15) is 0 Å². The number of carbonyl (C=O) groups is 1. The molecule has 16 heteroatoms. The molecule has 6 atom stereocenters. The Labute approximate surface area is 246 Å². The number of anilines is 1. The van der Waals surface area contributed by atoms with Crippen molar-refractivity contribution in [1.29, 1.82) is 0 Å². The highest BCUT2D eigenvalue weighted by molar-refractivity contribution is 8.77. The molecule has 0 radical (unpaired) electrons. The number of benzene rings is 1. The Kier molecular flexibility index (Phi) is 10.9. The maximum Gasteiger partial charge on any atom is 0.408 e.